The fourth-order valence-corrected chi connectivity index (χ4v) is 5.97. The molecule has 1 unspecified atom stereocenters. The van der Waals surface area contributed by atoms with Gasteiger partial charge in [-0.1, -0.05) is 36.4 Å². The molecule has 0 amide bonds. The van der Waals surface area contributed by atoms with Crippen molar-refractivity contribution in [2.75, 3.05) is 0 Å². The highest BCUT2D eigenvalue weighted by Crippen LogP contribution is 2.36. The molecule has 0 fully saturated rings. The lowest BCUT2D eigenvalue weighted by atomic mass is 9.89. The molecule has 3 heterocycles. The first-order valence-electron chi connectivity index (χ1n) is 8.85. The molecule has 0 bridgehead atoms. The first kappa shape index (κ1) is 18.0. The maximum Gasteiger partial charge on any atom is 0.263 e. The summed E-state index contributed by atoms with van der Waals surface area (Å²) in [6, 6.07) is 3.75. The molecule has 4 rings (SSSR count). The van der Waals surface area contributed by atoms with Gasteiger partial charge in [-0.3, -0.25) is 9.36 Å². The van der Waals surface area contributed by atoms with E-state index in [1.165, 1.54) is 10.4 Å². The van der Waals surface area contributed by atoms with Gasteiger partial charge in [-0.15, -0.1) is 11.3 Å². The monoisotopic (exact) mass is 405 g/mol. The molecule has 3 aromatic heterocycles. The first-order valence-corrected chi connectivity index (χ1v) is 11.0. The summed E-state index contributed by atoms with van der Waals surface area (Å²) in [5, 5.41) is 2.13. The number of fused-ring (bicyclic) bond motifs is 3. The molecule has 4 nitrogen and oxygen atoms in total. The van der Waals surface area contributed by atoms with E-state index >= 15 is 0 Å². The van der Waals surface area contributed by atoms with Crippen LogP contribution < -0.4 is 5.56 Å². The minimum atomic E-state index is 0.112. The van der Waals surface area contributed by atoms with E-state index < -0.39 is 0 Å². The summed E-state index contributed by atoms with van der Waals surface area (Å²) < 4.78 is 1.81. The molecular formula is C19H20ClN3OS2. The second kappa shape index (κ2) is 7.33. The number of hydrogen-bond acceptors (Lipinski definition) is 5. The SMILES string of the molecule is CCn1c(SCc2ccc(Cl)nc2)nc2sc3c(c2c1=O)CCC(C)C3. The Hall–Kier alpha value is -1.37. The summed E-state index contributed by atoms with van der Waals surface area (Å²) in [6.45, 7) is 4.92. The van der Waals surface area contributed by atoms with Gasteiger partial charge in [-0.2, -0.15) is 0 Å². The van der Waals surface area contributed by atoms with E-state index in [0.717, 1.165) is 40.2 Å². The molecule has 3 aromatic rings. The zero-order valence-electron chi connectivity index (χ0n) is 14.8. The Balaban J connectivity index is 1.72. The standard InChI is InChI=1S/C19H20ClN3OS2/c1-3-23-18(24)16-13-6-4-11(2)8-14(13)26-17(16)22-19(23)25-10-12-5-7-15(20)21-9-12/h5,7,9,11H,3-4,6,8,10H2,1-2H3. The largest absolute Gasteiger partial charge is 0.287 e. The van der Waals surface area contributed by atoms with Crippen LogP contribution in [-0.2, 0) is 25.1 Å². The van der Waals surface area contributed by atoms with Crippen molar-refractivity contribution in [3.63, 3.8) is 0 Å². The van der Waals surface area contributed by atoms with Gasteiger partial charge in [0.15, 0.2) is 5.16 Å². The van der Waals surface area contributed by atoms with Gasteiger partial charge in [0, 0.05) is 23.4 Å². The van der Waals surface area contributed by atoms with Crippen LogP contribution in [0.2, 0.25) is 5.15 Å². The Morgan fingerprint density at radius 2 is 2.27 bits per heavy atom. The van der Waals surface area contributed by atoms with Crippen molar-refractivity contribution in [3.05, 3.63) is 49.8 Å². The molecule has 7 heteroatoms. The second-order valence-corrected chi connectivity index (χ2v) is 9.17. The van der Waals surface area contributed by atoms with E-state index in [1.807, 2.05) is 13.0 Å². The second-order valence-electron chi connectivity index (χ2n) is 6.75. The fraction of sp³-hybridized carbons (Fsp3) is 0.421. The first-order chi connectivity index (χ1) is 12.6. The van der Waals surface area contributed by atoms with E-state index in [1.54, 1.807) is 39.9 Å². The Bertz CT molecular complexity index is 1010. The smallest absolute Gasteiger partial charge is 0.263 e. The number of aromatic nitrogens is 3. The molecule has 0 saturated carbocycles. The zero-order valence-corrected chi connectivity index (χ0v) is 17.2. The molecule has 0 aromatic carbocycles. The summed E-state index contributed by atoms with van der Waals surface area (Å²) in [5.41, 5.74) is 2.43. The summed E-state index contributed by atoms with van der Waals surface area (Å²) >= 11 is 9.14. The Morgan fingerprint density at radius 3 is 3.00 bits per heavy atom. The molecular weight excluding hydrogens is 386 g/mol. The minimum absolute atomic E-state index is 0.112. The van der Waals surface area contributed by atoms with Crippen molar-refractivity contribution in [2.24, 2.45) is 5.92 Å². The van der Waals surface area contributed by atoms with Crippen LogP contribution >= 0.6 is 34.7 Å². The van der Waals surface area contributed by atoms with E-state index in [9.17, 15) is 4.79 Å². The third-order valence-electron chi connectivity index (χ3n) is 4.85. The minimum Gasteiger partial charge on any atom is -0.287 e. The molecule has 1 aliphatic carbocycles. The van der Waals surface area contributed by atoms with Crippen LogP contribution in [0.4, 0.5) is 0 Å². The van der Waals surface area contributed by atoms with Crippen molar-refractivity contribution in [2.45, 2.75) is 50.6 Å². The molecule has 0 saturated heterocycles. The number of thiophene rings is 1. The Morgan fingerprint density at radius 1 is 1.42 bits per heavy atom. The van der Waals surface area contributed by atoms with Crippen LogP contribution in [0, 0.1) is 5.92 Å². The average Bonchev–Trinajstić information content (AvgIpc) is 2.98. The topological polar surface area (TPSA) is 47.8 Å². The third-order valence-corrected chi connectivity index (χ3v) is 7.27. The Labute approximate surface area is 165 Å². The molecule has 26 heavy (non-hydrogen) atoms. The van der Waals surface area contributed by atoms with Crippen LogP contribution in [0.5, 0.6) is 0 Å². The number of hydrogen-bond donors (Lipinski definition) is 0. The van der Waals surface area contributed by atoms with Crippen molar-refractivity contribution in [1.82, 2.24) is 14.5 Å². The lowest BCUT2D eigenvalue weighted by molar-refractivity contribution is 0.509. The summed E-state index contributed by atoms with van der Waals surface area (Å²) in [7, 11) is 0. The van der Waals surface area contributed by atoms with Crippen LogP contribution in [0.15, 0.2) is 28.3 Å². The van der Waals surface area contributed by atoms with Crippen molar-refractivity contribution >= 4 is 44.9 Å². The summed E-state index contributed by atoms with van der Waals surface area (Å²) in [6.07, 6.45) is 5.00. The lowest BCUT2D eigenvalue weighted by Gasteiger charge is -2.17. The maximum absolute atomic E-state index is 13.1. The van der Waals surface area contributed by atoms with Crippen molar-refractivity contribution < 1.29 is 0 Å². The highest BCUT2D eigenvalue weighted by atomic mass is 35.5. The predicted octanol–water partition coefficient (Wildman–Crippen LogP) is 4.94. The van der Waals surface area contributed by atoms with Gasteiger partial charge >= 0.3 is 0 Å². The van der Waals surface area contributed by atoms with Crippen LogP contribution in [-0.4, -0.2) is 14.5 Å². The average molecular weight is 406 g/mol. The van der Waals surface area contributed by atoms with Gasteiger partial charge in [0.25, 0.3) is 5.56 Å². The van der Waals surface area contributed by atoms with Gasteiger partial charge in [0.1, 0.15) is 9.98 Å². The van der Waals surface area contributed by atoms with Crippen molar-refractivity contribution in [1.29, 1.82) is 0 Å². The normalized spacial score (nSPS) is 16.8. The van der Waals surface area contributed by atoms with Crippen LogP contribution in [0.25, 0.3) is 10.2 Å². The number of pyridine rings is 1. The summed E-state index contributed by atoms with van der Waals surface area (Å²) in [5.74, 6) is 1.40. The van der Waals surface area contributed by atoms with Crippen LogP contribution in [0.3, 0.4) is 0 Å². The number of aryl methyl sites for hydroxylation is 1. The van der Waals surface area contributed by atoms with Gasteiger partial charge in [0.2, 0.25) is 0 Å². The third kappa shape index (κ3) is 3.30. The fourth-order valence-electron chi connectivity index (χ4n) is 3.43. The van der Waals surface area contributed by atoms with E-state index in [2.05, 4.69) is 11.9 Å². The van der Waals surface area contributed by atoms with E-state index in [-0.39, 0.29) is 5.56 Å². The molecule has 0 aliphatic heterocycles. The molecule has 0 radical (unpaired) electrons. The number of halogens is 1. The predicted molar refractivity (Wildman–Crippen MR) is 110 cm³/mol. The van der Waals surface area contributed by atoms with E-state index in [0.29, 0.717) is 23.4 Å². The maximum atomic E-state index is 13.1. The van der Waals surface area contributed by atoms with Crippen molar-refractivity contribution in [3.8, 4) is 0 Å². The van der Waals surface area contributed by atoms with Crippen LogP contribution in [0.1, 0.15) is 36.3 Å². The van der Waals surface area contributed by atoms with Gasteiger partial charge in [0.05, 0.1) is 5.39 Å². The van der Waals surface area contributed by atoms with Gasteiger partial charge < -0.3 is 0 Å². The number of nitrogens with zero attached hydrogens (tertiary/aromatic N) is 3. The van der Waals surface area contributed by atoms with Gasteiger partial charge in [-0.25, -0.2) is 9.97 Å². The molecule has 1 atom stereocenters. The quantitative estimate of drug-likeness (QED) is 0.350. The molecule has 0 spiro atoms. The Kier molecular flexibility index (Phi) is 5.08. The van der Waals surface area contributed by atoms with Gasteiger partial charge in [-0.05, 0) is 49.3 Å². The molecule has 0 N–H and O–H groups in total. The highest BCUT2D eigenvalue weighted by molar-refractivity contribution is 7.98. The number of rotatable bonds is 4. The summed E-state index contributed by atoms with van der Waals surface area (Å²) in [4.78, 5) is 24.4. The lowest BCUT2D eigenvalue weighted by Crippen LogP contribution is -2.23. The molecule has 1 aliphatic rings. The highest BCUT2D eigenvalue weighted by Gasteiger charge is 2.24. The molecule has 136 valence electrons. The van der Waals surface area contributed by atoms with E-state index in [4.69, 9.17) is 16.6 Å². The zero-order chi connectivity index (χ0) is 18.3. The number of thioether (sulfide) groups is 1.